The van der Waals surface area contributed by atoms with Crippen LogP contribution in [0.1, 0.15) is 40.7 Å². The van der Waals surface area contributed by atoms with Gasteiger partial charge in [-0.25, -0.2) is 0 Å². The molecule has 0 aromatic heterocycles. The first-order valence-corrected chi connectivity index (χ1v) is 11.1. The summed E-state index contributed by atoms with van der Waals surface area (Å²) in [6, 6.07) is 15.6. The summed E-state index contributed by atoms with van der Waals surface area (Å²) in [6.45, 7) is 3.48. The van der Waals surface area contributed by atoms with Crippen LogP contribution in [0, 0.1) is 6.92 Å². The van der Waals surface area contributed by atoms with E-state index in [0.29, 0.717) is 4.58 Å². The van der Waals surface area contributed by atoms with Crippen LogP contribution in [0.3, 0.4) is 0 Å². The van der Waals surface area contributed by atoms with Gasteiger partial charge in [-0.1, -0.05) is 42.0 Å². The summed E-state index contributed by atoms with van der Waals surface area (Å²) in [6.07, 6.45) is 0.194. The fraction of sp³-hybridized carbons (Fsp3) is 0.333. The molecule has 4 nitrogen and oxygen atoms in total. The molecule has 3 rings (SSSR count). The van der Waals surface area contributed by atoms with Crippen LogP contribution in [-0.4, -0.2) is 23.3 Å². The Morgan fingerprint density at radius 1 is 1.11 bits per heavy atom. The lowest BCUT2D eigenvalue weighted by Gasteiger charge is -2.18. The summed E-state index contributed by atoms with van der Waals surface area (Å²) in [5.41, 5.74) is 4.11. The van der Waals surface area contributed by atoms with Gasteiger partial charge in [-0.15, -0.1) is 23.5 Å². The molecular formula is C21H24N2O2S2. The quantitative estimate of drug-likeness (QED) is 0.739. The van der Waals surface area contributed by atoms with Crippen LogP contribution in [0.15, 0.2) is 48.5 Å². The molecular weight excluding hydrogens is 376 g/mol. The number of nitrogens with one attached hydrogen (secondary N) is 2. The normalized spacial score (nSPS) is 15.3. The Kier molecular flexibility index (Phi) is 6.85. The zero-order valence-electron chi connectivity index (χ0n) is 15.5. The number of hydrogen-bond donors (Lipinski definition) is 2. The summed E-state index contributed by atoms with van der Waals surface area (Å²) in [7, 11) is 0. The molecule has 1 heterocycles. The Hall–Kier alpha value is -1.92. The number of rotatable bonds is 6. The van der Waals surface area contributed by atoms with Gasteiger partial charge in [0.15, 0.2) is 0 Å². The van der Waals surface area contributed by atoms with E-state index in [0.717, 1.165) is 16.8 Å². The maximum absolute atomic E-state index is 12.6. The molecule has 0 saturated carbocycles. The lowest BCUT2D eigenvalue weighted by Crippen LogP contribution is -2.29. The minimum Gasteiger partial charge on any atom is -0.349 e. The first-order valence-electron chi connectivity index (χ1n) is 8.98. The van der Waals surface area contributed by atoms with Gasteiger partial charge in [0.25, 0.3) is 0 Å². The maximum Gasteiger partial charge on any atom is 0.226 e. The molecule has 2 aromatic carbocycles. The van der Waals surface area contributed by atoms with Gasteiger partial charge in [-0.05, 0) is 30.2 Å². The van der Waals surface area contributed by atoms with Crippen LogP contribution >= 0.6 is 23.5 Å². The minimum atomic E-state index is -0.341. The number of thioether (sulfide) groups is 2. The highest BCUT2D eigenvalue weighted by atomic mass is 32.2. The van der Waals surface area contributed by atoms with Gasteiger partial charge in [-0.2, -0.15) is 0 Å². The van der Waals surface area contributed by atoms with Gasteiger partial charge in [0, 0.05) is 24.1 Å². The largest absolute Gasteiger partial charge is 0.349 e. The van der Waals surface area contributed by atoms with E-state index in [-0.39, 0.29) is 24.3 Å². The molecule has 0 bridgehead atoms. The molecule has 0 radical (unpaired) electrons. The van der Waals surface area contributed by atoms with Crippen molar-refractivity contribution in [3.63, 3.8) is 0 Å². The molecule has 0 spiro atoms. The van der Waals surface area contributed by atoms with Crippen LogP contribution < -0.4 is 10.6 Å². The van der Waals surface area contributed by atoms with Crippen molar-refractivity contribution >= 4 is 41.0 Å². The van der Waals surface area contributed by atoms with Crippen molar-refractivity contribution in [3.05, 3.63) is 65.2 Å². The summed E-state index contributed by atoms with van der Waals surface area (Å²) in [5, 5.41) is 5.86. The van der Waals surface area contributed by atoms with Crippen molar-refractivity contribution in [3.8, 4) is 0 Å². The molecule has 1 aliphatic rings. The third-order valence-electron chi connectivity index (χ3n) is 4.31. The lowest BCUT2D eigenvalue weighted by atomic mass is 10.0. The Bertz CT molecular complexity index is 802. The monoisotopic (exact) mass is 400 g/mol. The van der Waals surface area contributed by atoms with E-state index in [1.54, 1.807) is 0 Å². The lowest BCUT2D eigenvalue weighted by molar-refractivity contribution is -0.120. The third-order valence-corrected chi connectivity index (χ3v) is 7.42. The molecule has 0 aliphatic carbocycles. The van der Waals surface area contributed by atoms with Crippen LogP contribution in [0.5, 0.6) is 0 Å². The molecule has 27 heavy (non-hydrogen) atoms. The number of carbonyl (C=O) groups is 2. The van der Waals surface area contributed by atoms with Crippen molar-refractivity contribution in [1.29, 1.82) is 0 Å². The molecule has 1 atom stereocenters. The first-order chi connectivity index (χ1) is 13.0. The SMILES string of the molecule is CC(=O)NC(CC(=O)Nc1cccc(C2SCCS2)c1)c1ccc(C)cc1. The standard InChI is InChI=1S/C21H24N2O2S2/c1-14-6-8-16(9-7-14)19(22-15(2)24)13-20(25)23-18-5-3-4-17(12-18)21-26-10-11-27-21/h3-9,12,19,21H,10-11,13H2,1-2H3,(H,22,24)(H,23,25). The molecule has 2 aromatic rings. The first kappa shape index (κ1) is 19.8. The molecule has 6 heteroatoms. The predicted octanol–water partition coefficient (Wildman–Crippen LogP) is 4.68. The zero-order valence-corrected chi connectivity index (χ0v) is 17.2. The van der Waals surface area contributed by atoms with E-state index in [1.807, 2.05) is 72.9 Å². The highest BCUT2D eigenvalue weighted by Gasteiger charge is 2.20. The van der Waals surface area contributed by atoms with E-state index in [4.69, 9.17) is 0 Å². The fourth-order valence-corrected chi connectivity index (χ4v) is 5.85. The van der Waals surface area contributed by atoms with Gasteiger partial charge < -0.3 is 10.6 Å². The Morgan fingerprint density at radius 2 is 1.81 bits per heavy atom. The summed E-state index contributed by atoms with van der Waals surface area (Å²) in [5.74, 6) is 2.07. The Labute approximate surface area is 168 Å². The van der Waals surface area contributed by atoms with Crippen LogP contribution in [0.4, 0.5) is 5.69 Å². The molecule has 1 saturated heterocycles. The van der Waals surface area contributed by atoms with Gasteiger partial charge in [0.1, 0.15) is 0 Å². The molecule has 2 amide bonds. The molecule has 1 unspecified atom stereocenters. The molecule has 1 aliphatic heterocycles. The summed E-state index contributed by atoms with van der Waals surface area (Å²) in [4.78, 5) is 24.2. The maximum atomic E-state index is 12.6. The number of carbonyl (C=O) groups excluding carboxylic acids is 2. The van der Waals surface area contributed by atoms with Crippen LogP contribution in [-0.2, 0) is 9.59 Å². The summed E-state index contributed by atoms with van der Waals surface area (Å²) >= 11 is 3.88. The van der Waals surface area contributed by atoms with Gasteiger partial charge >= 0.3 is 0 Å². The van der Waals surface area contributed by atoms with Crippen molar-refractivity contribution in [1.82, 2.24) is 5.32 Å². The predicted molar refractivity (Wildman–Crippen MR) is 115 cm³/mol. The highest BCUT2D eigenvalue weighted by Crippen LogP contribution is 2.45. The minimum absolute atomic E-state index is 0.113. The average molecular weight is 401 g/mol. The van der Waals surface area contributed by atoms with Gasteiger partial charge in [0.2, 0.25) is 11.8 Å². The summed E-state index contributed by atoms with van der Waals surface area (Å²) < 4.78 is 0.446. The van der Waals surface area contributed by atoms with E-state index in [1.165, 1.54) is 24.0 Å². The smallest absolute Gasteiger partial charge is 0.226 e. The van der Waals surface area contributed by atoms with Gasteiger partial charge in [0.05, 0.1) is 17.0 Å². The topological polar surface area (TPSA) is 58.2 Å². The van der Waals surface area contributed by atoms with Crippen LogP contribution in [0.25, 0.3) is 0 Å². The van der Waals surface area contributed by atoms with E-state index < -0.39 is 0 Å². The van der Waals surface area contributed by atoms with E-state index in [2.05, 4.69) is 16.7 Å². The Morgan fingerprint density at radius 3 is 2.48 bits per heavy atom. The second kappa shape index (κ2) is 9.33. The van der Waals surface area contributed by atoms with Crippen molar-refractivity contribution < 1.29 is 9.59 Å². The number of hydrogen-bond acceptors (Lipinski definition) is 4. The van der Waals surface area contributed by atoms with Crippen molar-refractivity contribution in [2.75, 3.05) is 16.8 Å². The highest BCUT2D eigenvalue weighted by molar-refractivity contribution is 8.19. The number of anilines is 1. The molecule has 142 valence electrons. The van der Waals surface area contributed by atoms with Crippen LogP contribution in [0.2, 0.25) is 0 Å². The van der Waals surface area contributed by atoms with E-state index >= 15 is 0 Å². The fourth-order valence-electron chi connectivity index (χ4n) is 3.01. The number of aryl methyl sites for hydroxylation is 1. The molecule has 1 fully saturated rings. The number of amides is 2. The molecule has 2 N–H and O–H groups in total. The average Bonchev–Trinajstić information content (AvgIpc) is 3.16. The second-order valence-electron chi connectivity index (χ2n) is 6.62. The van der Waals surface area contributed by atoms with Crippen molar-refractivity contribution in [2.24, 2.45) is 0 Å². The zero-order chi connectivity index (χ0) is 19.2. The third kappa shape index (κ3) is 5.78. The number of benzene rings is 2. The van der Waals surface area contributed by atoms with E-state index in [9.17, 15) is 9.59 Å². The second-order valence-corrected chi connectivity index (χ2v) is 9.34. The van der Waals surface area contributed by atoms with Gasteiger partial charge in [-0.3, -0.25) is 9.59 Å². The van der Waals surface area contributed by atoms with Crippen molar-refractivity contribution in [2.45, 2.75) is 30.9 Å². The Balaban J connectivity index is 1.67.